The molecule has 1 heterocycles. The second-order valence-electron chi connectivity index (χ2n) is 7.14. The van der Waals surface area contributed by atoms with E-state index < -0.39 is 0 Å². The van der Waals surface area contributed by atoms with Crippen molar-refractivity contribution < 1.29 is 4.79 Å². The maximum Gasteiger partial charge on any atom is 0.295 e. The van der Waals surface area contributed by atoms with Crippen molar-refractivity contribution in [2.75, 3.05) is 5.32 Å². The van der Waals surface area contributed by atoms with E-state index in [0.29, 0.717) is 5.82 Å². The maximum absolute atomic E-state index is 12.9. The highest BCUT2D eigenvalue weighted by Gasteiger charge is 2.19. The van der Waals surface area contributed by atoms with Crippen molar-refractivity contribution >= 4 is 11.6 Å². The first kappa shape index (κ1) is 18.6. The van der Waals surface area contributed by atoms with E-state index >= 15 is 0 Å². The molecule has 0 unspecified atom stereocenters. The largest absolute Gasteiger partial charge is 0.319 e. The van der Waals surface area contributed by atoms with Gasteiger partial charge in [0.1, 0.15) is 0 Å². The molecule has 0 bridgehead atoms. The number of carbonyl (C=O) groups excluding carboxylic acids is 1. The summed E-state index contributed by atoms with van der Waals surface area (Å²) < 4.78 is 1.72. The molecule has 1 N–H and O–H groups in total. The molecule has 0 aliphatic rings. The third-order valence-corrected chi connectivity index (χ3v) is 4.76. The van der Waals surface area contributed by atoms with Crippen molar-refractivity contribution in [3.05, 3.63) is 95.3 Å². The highest BCUT2D eigenvalue weighted by atomic mass is 16.2. The van der Waals surface area contributed by atoms with Gasteiger partial charge in [0.2, 0.25) is 5.82 Å². The van der Waals surface area contributed by atoms with Gasteiger partial charge in [-0.2, -0.15) is 0 Å². The number of hydrogen-bond acceptors (Lipinski definition) is 3. The summed E-state index contributed by atoms with van der Waals surface area (Å²) in [4.78, 5) is 17.5. The van der Waals surface area contributed by atoms with E-state index in [1.165, 1.54) is 0 Å². The summed E-state index contributed by atoms with van der Waals surface area (Å²) >= 11 is 0. The minimum absolute atomic E-state index is 0.130. The van der Waals surface area contributed by atoms with Crippen molar-refractivity contribution in [3.8, 4) is 17.1 Å². The van der Waals surface area contributed by atoms with Crippen molar-refractivity contribution in [1.29, 1.82) is 0 Å². The molecule has 1 amide bonds. The molecule has 3 aromatic carbocycles. The summed E-state index contributed by atoms with van der Waals surface area (Å²) in [7, 11) is 0. The van der Waals surface area contributed by atoms with Gasteiger partial charge in [0.15, 0.2) is 5.82 Å². The molecule has 5 heteroatoms. The monoisotopic (exact) mass is 382 g/mol. The predicted octanol–water partition coefficient (Wildman–Crippen LogP) is 5.11. The fraction of sp³-hybridized carbons (Fsp3) is 0.125. The summed E-state index contributed by atoms with van der Waals surface area (Å²) in [6.45, 7) is 5.99. The number of aromatic nitrogens is 3. The molecule has 0 aliphatic heterocycles. The predicted molar refractivity (Wildman–Crippen MR) is 115 cm³/mol. The van der Waals surface area contributed by atoms with E-state index in [9.17, 15) is 4.79 Å². The summed E-state index contributed by atoms with van der Waals surface area (Å²) in [6.07, 6.45) is 0. The Morgan fingerprint density at radius 2 is 1.55 bits per heavy atom. The van der Waals surface area contributed by atoms with E-state index in [1.54, 1.807) is 4.68 Å². The number of aryl methyl sites for hydroxylation is 3. The van der Waals surface area contributed by atoms with Crippen LogP contribution in [0.1, 0.15) is 27.3 Å². The lowest BCUT2D eigenvalue weighted by atomic mass is 10.1. The van der Waals surface area contributed by atoms with E-state index in [1.807, 2.05) is 93.6 Å². The Morgan fingerprint density at radius 1 is 0.862 bits per heavy atom. The quantitative estimate of drug-likeness (QED) is 0.533. The lowest BCUT2D eigenvalue weighted by Gasteiger charge is -2.07. The maximum atomic E-state index is 12.9. The van der Waals surface area contributed by atoms with E-state index in [-0.39, 0.29) is 11.7 Å². The van der Waals surface area contributed by atoms with E-state index in [0.717, 1.165) is 33.6 Å². The van der Waals surface area contributed by atoms with Crippen LogP contribution >= 0.6 is 0 Å². The molecule has 0 saturated heterocycles. The van der Waals surface area contributed by atoms with Crippen LogP contribution in [0.15, 0.2) is 72.8 Å². The second-order valence-corrected chi connectivity index (χ2v) is 7.14. The third-order valence-electron chi connectivity index (χ3n) is 4.76. The first-order valence-electron chi connectivity index (χ1n) is 9.49. The first-order valence-corrected chi connectivity index (χ1v) is 9.49. The highest BCUT2D eigenvalue weighted by molar-refractivity contribution is 6.02. The number of nitrogens with zero attached hydrogens (tertiary/aromatic N) is 3. The normalized spacial score (nSPS) is 10.7. The Bertz CT molecular complexity index is 1160. The van der Waals surface area contributed by atoms with Gasteiger partial charge in [-0.3, -0.25) is 4.79 Å². The molecule has 0 spiro atoms. The molecule has 0 fully saturated rings. The zero-order chi connectivity index (χ0) is 20.4. The lowest BCUT2D eigenvalue weighted by Crippen LogP contribution is -2.15. The molecule has 5 nitrogen and oxygen atoms in total. The van der Waals surface area contributed by atoms with Crippen LogP contribution in [0.2, 0.25) is 0 Å². The fourth-order valence-corrected chi connectivity index (χ4v) is 3.10. The van der Waals surface area contributed by atoms with Crippen LogP contribution in [-0.2, 0) is 0 Å². The van der Waals surface area contributed by atoms with Gasteiger partial charge in [0, 0.05) is 11.3 Å². The molecular weight excluding hydrogens is 360 g/mol. The summed E-state index contributed by atoms with van der Waals surface area (Å²) in [6, 6.07) is 23.7. The minimum atomic E-state index is -0.332. The van der Waals surface area contributed by atoms with Gasteiger partial charge in [-0.15, -0.1) is 5.10 Å². The SMILES string of the molecule is Cc1ccc(-n2nc(C(=O)Nc3cc(C)ccc3C)nc2-c2ccccc2)cc1. The van der Waals surface area contributed by atoms with E-state index in [2.05, 4.69) is 15.4 Å². The molecule has 0 saturated carbocycles. The smallest absolute Gasteiger partial charge is 0.295 e. The summed E-state index contributed by atoms with van der Waals surface area (Å²) in [5.74, 6) is 0.424. The van der Waals surface area contributed by atoms with Gasteiger partial charge in [-0.05, 0) is 50.1 Å². The van der Waals surface area contributed by atoms with Crippen molar-refractivity contribution in [2.24, 2.45) is 0 Å². The number of benzene rings is 3. The molecule has 0 atom stereocenters. The Balaban J connectivity index is 1.75. The molecule has 4 aromatic rings. The standard InChI is InChI=1S/C24H22N4O/c1-16-10-13-20(14-11-16)28-23(19-7-5-4-6-8-19)26-22(27-28)24(29)25-21-15-17(2)9-12-18(21)3/h4-15H,1-3H3,(H,25,29). The Labute approximate surface area is 170 Å². The van der Waals surface area contributed by atoms with Crippen molar-refractivity contribution in [1.82, 2.24) is 14.8 Å². The molecule has 1 aromatic heterocycles. The number of carbonyl (C=O) groups is 1. The topological polar surface area (TPSA) is 59.8 Å². The average molecular weight is 382 g/mol. The Kier molecular flexibility index (Phi) is 4.96. The van der Waals surface area contributed by atoms with Gasteiger partial charge < -0.3 is 5.32 Å². The van der Waals surface area contributed by atoms with Crippen LogP contribution in [0, 0.1) is 20.8 Å². The van der Waals surface area contributed by atoms with Gasteiger partial charge in [0.25, 0.3) is 5.91 Å². The number of hydrogen-bond donors (Lipinski definition) is 1. The highest BCUT2D eigenvalue weighted by Crippen LogP contribution is 2.22. The Morgan fingerprint density at radius 3 is 2.28 bits per heavy atom. The van der Waals surface area contributed by atoms with Crippen LogP contribution in [0.25, 0.3) is 17.1 Å². The molecule has 29 heavy (non-hydrogen) atoms. The average Bonchev–Trinajstić information content (AvgIpc) is 3.17. The van der Waals surface area contributed by atoms with Crippen LogP contribution in [0.3, 0.4) is 0 Å². The molecule has 0 aliphatic carbocycles. The zero-order valence-corrected chi connectivity index (χ0v) is 16.7. The van der Waals surface area contributed by atoms with Crippen LogP contribution in [0.5, 0.6) is 0 Å². The Hall–Kier alpha value is -3.73. The van der Waals surface area contributed by atoms with Crippen LogP contribution in [-0.4, -0.2) is 20.7 Å². The summed E-state index contributed by atoms with van der Waals surface area (Å²) in [5.41, 5.74) is 5.74. The van der Waals surface area contributed by atoms with Crippen LogP contribution in [0.4, 0.5) is 5.69 Å². The molecular formula is C24H22N4O. The number of nitrogens with one attached hydrogen (secondary N) is 1. The first-order chi connectivity index (χ1) is 14.0. The van der Waals surface area contributed by atoms with Crippen LogP contribution < -0.4 is 5.32 Å². The minimum Gasteiger partial charge on any atom is -0.319 e. The van der Waals surface area contributed by atoms with Gasteiger partial charge in [-0.25, -0.2) is 9.67 Å². The van der Waals surface area contributed by atoms with Gasteiger partial charge in [-0.1, -0.05) is 60.2 Å². The number of anilines is 1. The lowest BCUT2D eigenvalue weighted by molar-refractivity contribution is 0.101. The second kappa shape index (κ2) is 7.72. The molecule has 0 radical (unpaired) electrons. The molecule has 144 valence electrons. The summed E-state index contributed by atoms with van der Waals surface area (Å²) in [5, 5.41) is 7.47. The fourth-order valence-electron chi connectivity index (χ4n) is 3.10. The molecule has 4 rings (SSSR count). The zero-order valence-electron chi connectivity index (χ0n) is 16.7. The third kappa shape index (κ3) is 3.94. The van der Waals surface area contributed by atoms with E-state index in [4.69, 9.17) is 0 Å². The number of rotatable bonds is 4. The van der Waals surface area contributed by atoms with Crippen molar-refractivity contribution in [2.45, 2.75) is 20.8 Å². The van der Waals surface area contributed by atoms with Crippen molar-refractivity contribution in [3.63, 3.8) is 0 Å². The number of amides is 1. The van der Waals surface area contributed by atoms with Gasteiger partial charge in [0.05, 0.1) is 5.69 Å². The van der Waals surface area contributed by atoms with Gasteiger partial charge >= 0.3 is 0 Å².